The molecule has 228 valence electrons. The molecule has 3 fully saturated rings. The number of benzene rings is 2. The van der Waals surface area contributed by atoms with Gasteiger partial charge in [0, 0.05) is 36.7 Å². The molecule has 3 aliphatic rings. The van der Waals surface area contributed by atoms with Gasteiger partial charge in [-0.2, -0.15) is 9.97 Å². The molecule has 2 aromatic heterocycles. The average Bonchev–Trinajstić information content (AvgIpc) is 3.43. The van der Waals surface area contributed by atoms with Crippen LogP contribution in [-0.2, 0) is 4.74 Å². The summed E-state index contributed by atoms with van der Waals surface area (Å²) in [5.41, 5.74) is -0.928. The third-order valence-electron chi connectivity index (χ3n) is 8.86. The molecule has 3 aliphatic heterocycles. The molecule has 4 aromatic rings. The number of rotatable bonds is 5. The number of alkyl halides is 2. The Balaban J connectivity index is 1.38. The summed E-state index contributed by atoms with van der Waals surface area (Å²) in [5.74, 6) is 0.771. The predicted octanol–water partition coefficient (Wildman–Crippen LogP) is 5.29. The Kier molecular flexibility index (Phi) is 7.17. The van der Waals surface area contributed by atoms with Gasteiger partial charge in [0.25, 0.3) is 0 Å². The van der Waals surface area contributed by atoms with Gasteiger partial charge in [-0.05, 0) is 49.4 Å². The van der Waals surface area contributed by atoms with Crippen LogP contribution in [-0.4, -0.2) is 82.4 Å². The minimum absolute atomic E-state index is 0.0712. The normalized spacial score (nSPS) is 24.0. The molecule has 7 rings (SSSR count). The van der Waals surface area contributed by atoms with Crippen LogP contribution in [0.25, 0.3) is 32.9 Å². The van der Waals surface area contributed by atoms with Crippen molar-refractivity contribution in [3.8, 4) is 35.4 Å². The summed E-state index contributed by atoms with van der Waals surface area (Å²) in [6.07, 6.45) is 6.92. The van der Waals surface area contributed by atoms with Crippen molar-refractivity contribution in [2.24, 2.45) is 0 Å². The number of phenols is 1. The molecule has 0 aliphatic carbocycles. The third-order valence-corrected chi connectivity index (χ3v) is 8.86. The van der Waals surface area contributed by atoms with Crippen molar-refractivity contribution < 1.29 is 32.1 Å². The number of aromatic hydroxyl groups is 1. The van der Waals surface area contributed by atoms with Crippen LogP contribution in [0, 0.1) is 24.0 Å². The number of aromatic nitrogens is 3. The molecular weight excluding hydrogens is 578 g/mol. The van der Waals surface area contributed by atoms with Crippen LogP contribution < -0.4 is 9.64 Å². The molecule has 0 amide bonds. The van der Waals surface area contributed by atoms with Crippen LogP contribution in [0.1, 0.15) is 31.2 Å². The van der Waals surface area contributed by atoms with Crippen LogP contribution >= 0.6 is 0 Å². The van der Waals surface area contributed by atoms with E-state index in [2.05, 4.69) is 25.8 Å². The summed E-state index contributed by atoms with van der Waals surface area (Å²) in [6.45, 7) is 1.63. The van der Waals surface area contributed by atoms with E-state index in [9.17, 15) is 18.3 Å². The molecule has 8 nitrogen and oxygen atoms in total. The zero-order chi connectivity index (χ0) is 30.6. The first-order valence-corrected chi connectivity index (χ1v) is 14.6. The maximum absolute atomic E-state index is 16.6. The number of anilines is 1. The van der Waals surface area contributed by atoms with Crippen LogP contribution in [0.5, 0.6) is 11.8 Å². The van der Waals surface area contributed by atoms with Crippen LogP contribution in [0.15, 0.2) is 30.5 Å². The first-order chi connectivity index (χ1) is 21.3. The summed E-state index contributed by atoms with van der Waals surface area (Å²) >= 11 is 0. The Morgan fingerprint density at radius 1 is 1.14 bits per heavy atom. The molecule has 2 aromatic carbocycles. The summed E-state index contributed by atoms with van der Waals surface area (Å²) < 4.78 is 71.6. The fraction of sp³-hybridized carbons (Fsp3) is 0.406. The van der Waals surface area contributed by atoms with Gasteiger partial charge in [-0.15, -0.1) is 6.42 Å². The van der Waals surface area contributed by atoms with E-state index in [0.29, 0.717) is 31.3 Å². The van der Waals surface area contributed by atoms with E-state index in [1.165, 1.54) is 30.5 Å². The average molecular weight is 608 g/mol. The number of nitrogens with zero attached hydrogens (tertiary/aromatic N) is 5. The van der Waals surface area contributed by atoms with Gasteiger partial charge in [0.2, 0.25) is 6.36 Å². The zero-order valence-corrected chi connectivity index (χ0v) is 23.7. The molecule has 0 spiro atoms. The largest absolute Gasteiger partial charge is 0.508 e. The molecule has 0 radical (unpaired) electrons. The van der Waals surface area contributed by atoms with Gasteiger partial charge < -0.3 is 19.5 Å². The summed E-state index contributed by atoms with van der Waals surface area (Å²) in [7, 11) is 0. The maximum atomic E-state index is 16.6. The van der Waals surface area contributed by atoms with Crippen molar-refractivity contribution in [1.82, 2.24) is 19.9 Å². The van der Waals surface area contributed by atoms with Crippen molar-refractivity contribution >= 4 is 27.5 Å². The predicted molar refractivity (Wildman–Crippen MR) is 156 cm³/mol. The van der Waals surface area contributed by atoms with E-state index in [1.807, 2.05) is 0 Å². The molecular formula is C32H29F4N5O3. The van der Waals surface area contributed by atoms with Gasteiger partial charge in [-0.1, -0.05) is 12.0 Å². The number of fused-ring (bicyclic) bond motifs is 3. The van der Waals surface area contributed by atoms with Gasteiger partial charge in [-0.25, -0.2) is 17.6 Å². The lowest BCUT2D eigenvalue weighted by Crippen LogP contribution is -2.43. The number of halogens is 4. The highest BCUT2D eigenvalue weighted by atomic mass is 19.1. The second-order valence-electron chi connectivity index (χ2n) is 11.6. The standard InChI is InChI=1S/C32H29F4N5O3/c1-2-21-24(34)6-5-18-11-20(42)12-22(26(18)21)28-27(36)29-23(14-37-28)30(40-8-4-10-43-25(35)16-40)39-31(38-29)44-17-32-7-3-9-41(32)15-19(33)13-32/h1,5-6,11-12,14,19,25,42H,3-4,7-10,13,15-17H2/t19-,25+,32+/m1/s1. The molecule has 3 atom stereocenters. The van der Waals surface area contributed by atoms with E-state index in [0.717, 1.165) is 19.4 Å². The van der Waals surface area contributed by atoms with Crippen LogP contribution in [0.4, 0.5) is 23.4 Å². The van der Waals surface area contributed by atoms with Crippen molar-refractivity contribution in [2.45, 2.75) is 43.8 Å². The topological polar surface area (TPSA) is 83.8 Å². The lowest BCUT2D eigenvalue weighted by Gasteiger charge is -2.31. The summed E-state index contributed by atoms with van der Waals surface area (Å²) in [6, 6.07) is 5.13. The highest BCUT2D eigenvalue weighted by molar-refractivity contribution is 6.03. The quantitative estimate of drug-likeness (QED) is 0.242. The first-order valence-electron chi connectivity index (χ1n) is 14.6. The minimum Gasteiger partial charge on any atom is -0.508 e. The summed E-state index contributed by atoms with van der Waals surface area (Å²) in [5, 5.41) is 11.3. The van der Waals surface area contributed by atoms with E-state index >= 15 is 4.39 Å². The fourth-order valence-corrected chi connectivity index (χ4v) is 6.89. The number of ether oxygens (including phenoxy) is 2. The van der Waals surface area contributed by atoms with E-state index in [1.54, 1.807) is 4.90 Å². The summed E-state index contributed by atoms with van der Waals surface area (Å²) in [4.78, 5) is 17.1. The van der Waals surface area contributed by atoms with E-state index in [-0.39, 0.29) is 70.4 Å². The highest BCUT2D eigenvalue weighted by Gasteiger charge is 2.49. The molecule has 44 heavy (non-hydrogen) atoms. The molecule has 0 saturated carbocycles. The van der Waals surface area contributed by atoms with Crippen molar-refractivity contribution in [2.75, 3.05) is 44.3 Å². The van der Waals surface area contributed by atoms with E-state index < -0.39 is 29.7 Å². The van der Waals surface area contributed by atoms with Crippen LogP contribution in [0.2, 0.25) is 0 Å². The molecule has 3 saturated heterocycles. The van der Waals surface area contributed by atoms with Crippen molar-refractivity contribution in [3.63, 3.8) is 0 Å². The monoisotopic (exact) mass is 607 g/mol. The SMILES string of the molecule is C#Cc1c(F)ccc2cc(O)cc(-c3ncc4c(N5CCCO[C@H](F)C5)nc(OC[C@@]56CCCN5C[C@H](F)C6)nc4c3F)c12. The second kappa shape index (κ2) is 11.1. The Labute approximate surface area is 250 Å². The number of terminal acetylenes is 1. The van der Waals surface area contributed by atoms with E-state index in [4.69, 9.17) is 15.9 Å². The van der Waals surface area contributed by atoms with Gasteiger partial charge in [0.05, 0.1) is 29.6 Å². The maximum Gasteiger partial charge on any atom is 0.319 e. The van der Waals surface area contributed by atoms with Gasteiger partial charge in [0.15, 0.2) is 5.82 Å². The first kappa shape index (κ1) is 28.6. The zero-order valence-electron chi connectivity index (χ0n) is 23.7. The van der Waals surface area contributed by atoms with Crippen LogP contribution in [0.3, 0.4) is 0 Å². The van der Waals surface area contributed by atoms with Gasteiger partial charge in [0.1, 0.15) is 41.4 Å². The highest BCUT2D eigenvalue weighted by Crippen LogP contribution is 2.41. The Hall–Kier alpha value is -4.21. The van der Waals surface area contributed by atoms with Crippen molar-refractivity contribution in [3.05, 3.63) is 47.7 Å². The minimum atomic E-state index is -1.59. The molecule has 12 heteroatoms. The molecule has 5 heterocycles. The smallest absolute Gasteiger partial charge is 0.319 e. The molecule has 0 bridgehead atoms. The Morgan fingerprint density at radius 2 is 2.00 bits per heavy atom. The number of hydrogen-bond donors (Lipinski definition) is 1. The Morgan fingerprint density at radius 3 is 2.84 bits per heavy atom. The number of pyridine rings is 1. The number of phenolic OH excluding ortho intramolecular Hbond substituents is 1. The van der Waals surface area contributed by atoms with Gasteiger partial charge >= 0.3 is 6.01 Å². The second-order valence-corrected chi connectivity index (χ2v) is 11.6. The molecule has 1 N–H and O–H groups in total. The molecule has 0 unspecified atom stereocenters. The third kappa shape index (κ3) is 4.84. The fourth-order valence-electron chi connectivity index (χ4n) is 6.89. The Bertz CT molecular complexity index is 1820. The van der Waals surface area contributed by atoms with Gasteiger partial charge in [-0.3, -0.25) is 9.88 Å². The lowest BCUT2D eigenvalue weighted by atomic mass is 9.95. The number of hydrogen-bond acceptors (Lipinski definition) is 8. The van der Waals surface area contributed by atoms with Crippen molar-refractivity contribution in [1.29, 1.82) is 0 Å². The lowest BCUT2D eigenvalue weighted by molar-refractivity contribution is -0.0234.